The van der Waals surface area contributed by atoms with Gasteiger partial charge in [-0.2, -0.15) is 0 Å². The maximum atomic E-state index is 12.3. The van der Waals surface area contributed by atoms with Crippen molar-refractivity contribution >= 4 is 28.4 Å². The van der Waals surface area contributed by atoms with E-state index in [1.54, 1.807) is 0 Å². The summed E-state index contributed by atoms with van der Waals surface area (Å²) >= 11 is 2.98. The van der Waals surface area contributed by atoms with Crippen LogP contribution in [0.25, 0.3) is 0 Å². The third-order valence-corrected chi connectivity index (χ3v) is 1.97. The number of methoxy groups -OCH3 is 1. The molecule has 0 aliphatic carbocycles. The van der Waals surface area contributed by atoms with Gasteiger partial charge >= 0.3 is 58.4 Å². The van der Waals surface area contributed by atoms with Gasteiger partial charge in [0, 0.05) is 4.47 Å². The van der Waals surface area contributed by atoms with Crippen molar-refractivity contribution < 1.29 is 69.1 Å². The summed E-state index contributed by atoms with van der Waals surface area (Å²) in [5, 5.41) is 0. The number of halogens is 4. The van der Waals surface area contributed by atoms with Gasteiger partial charge in [-0.25, -0.2) is 0 Å². The van der Waals surface area contributed by atoms with Gasteiger partial charge in [-0.15, -0.1) is 5.46 Å². The van der Waals surface area contributed by atoms with E-state index in [4.69, 9.17) is 4.74 Å². The molecule has 0 saturated carbocycles. The smallest absolute Gasteiger partial charge is 0.497 e. The van der Waals surface area contributed by atoms with E-state index in [-0.39, 0.29) is 57.1 Å². The Hall–Kier alpha value is 0.991. The SMILES string of the molecule is COc1cc(Br)cc([B-](F)(F)F)c1.[K+]. The maximum Gasteiger partial charge on any atom is 1.00 e. The first kappa shape index (κ1) is 15.0. The molecule has 0 amide bonds. The number of hydrogen-bond donors (Lipinski definition) is 0. The van der Waals surface area contributed by atoms with Crippen LogP contribution in [-0.2, 0) is 0 Å². The minimum atomic E-state index is -4.96. The standard InChI is InChI=1S/C7H6BBrF3O.K/c1-13-7-3-5(8(10,11)12)2-6(9)4-7;/h2-4H,1H3;/q-1;+1. The van der Waals surface area contributed by atoms with Crippen LogP contribution in [0.3, 0.4) is 0 Å². The Labute approximate surface area is 131 Å². The quantitative estimate of drug-likeness (QED) is 0.669. The summed E-state index contributed by atoms with van der Waals surface area (Å²) in [6.07, 6.45) is 0. The van der Waals surface area contributed by atoms with E-state index in [1.807, 2.05) is 0 Å². The third-order valence-electron chi connectivity index (χ3n) is 1.51. The molecule has 0 aliphatic rings. The van der Waals surface area contributed by atoms with Crippen LogP contribution in [0.1, 0.15) is 0 Å². The summed E-state index contributed by atoms with van der Waals surface area (Å²) in [6.45, 7) is -4.96. The average Bonchev–Trinajstić information content (AvgIpc) is 2.01. The van der Waals surface area contributed by atoms with E-state index in [2.05, 4.69) is 15.9 Å². The van der Waals surface area contributed by atoms with Crippen LogP contribution >= 0.6 is 15.9 Å². The molecule has 0 bridgehead atoms. The van der Waals surface area contributed by atoms with Crippen molar-refractivity contribution in [2.24, 2.45) is 0 Å². The summed E-state index contributed by atoms with van der Waals surface area (Å²) in [5.41, 5.74) is -0.661. The number of rotatable bonds is 2. The van der Waals surface area contributed by atoms with Crippen molar-refractivity contribution in [3.8, 4) is 5.75 Å². The Morgan fingerprint density at radius 3 is 2.21 bits per heavy atom. The van der Waals surface area contributed by atoms with Gasteiger partial charge in [0.2, 0.25) is 0 Å². The van der Waals surface area contributed by atoms with Crippen molar-refractivity contribution in [1.29, 1.82) is 0 Å². The van der Waals surface area contributed by atoms with Crippen LogP contribution < -0.4 is 61.6 Å². The van der Waals surface area contributed by atoms with Crippen molar-refractivity contribution in [3.63, 3.8) is 0 Å². The molecular weight excluding hydrogens is 287 g/mol. The van der Waals surface area contributed by atoms with Gasteiger partial charge in [0.05, 0.1) is 7.11 Å². The molecule has 0 radical (unpaired) electrons. The fraction of sp³-hybridized carbons (Fsp3) is 0.143. The van der Waals surface area contributed by atoms with Gasteiger partial charge < -0.3 is 17.7 Å². The Bertz CT molecular complexity index is 318. The minimum Gasteiger partial charge on any atom is -0.497 e. The second-order valence-electron chi connectivity index (χ2n) is 2.50. The van der Waals surface area contributed by atoms with Crippen molar-refractivity contribution in [2.45, 2.75) is 0 Å². The molecule has 1 nitrogen and oxygen atoms in total. The first-order chi connectivity index (χ1) is 5.93. The van der Waals surface area contributed by atoms with Crippen LogP contribution in [-0.4, -0.2) is 14.1 Å². The van der Waals surface area contributed by atoms with Gasteiger partial charge in [-0.05, 0) is 12.1 Å². The van der Waals surface area contributed by atoms with Crippen LogP contribution in [0.4, 0.5) is 12.9 Å². The van der Waals surface area contributed by atoms with E-state index < -0.39 is 12.4 Å². The van der Waals surface area contributed by atoms with Crippen LogP contribution in [0.15, 0.2) is 22.7 Å². The van der Waals surface area contributed by atoms with E-state index in [0.717, 1.165) is 12.1 Å². The second-order valence-corrected chi connectivity index (χ2v) is 3.41. The molecule has 72 valence electrons. The predicted molar refractivity (Wildman–Crippen MR) is 49.4 cm³/mol. The van der Waals surface area contributed by atoms with Crippen LogP contribution in [0, 0.1) is 0 Å². The summed E-state index contributed by atoms with van der Waals surface area (Å²) in [7, 11) is 1.33. The molecule has 1 aromatic carbocycles. The largest absolute Gasteiger partial charge is 1.00 e. The van der Waals surface area contributed by atoms with Crippen LogP contribution in [0.2, 0.25) is 0 Å². The van der Waals surface area contributed by atoms with Gasteiger partial charge in [0.1, 0.15) is 5.75 Å². The molecule has 0 heterocycles. The van der Waals surface area contributed by atoms with E-state index in [0.29, 0.717) is 4.47 Å². The minimum absolute atomic E-state index is 0. The fourth-order valence-electron chi connectivity index (χ4n) is 0.891. The average molecular weight is 293 g/mol. The first-order valence-corrected chi connectivity index (χ1v) is 4.27. The molecule has 1 rings (SSSR count). The van der Waals surface area contributed by atoms with E-state index in [1.165, 1.54) is 13.2 Å². The molecule has 0 saturated heterocycles. The molecular formula is C7H6BBrF3KO. The molecule has 0 aromatic heterocycles. The molecule has 0 aliphatic heterocycles. The third kappa shape index (κ3) is 4.24. The van der Waals surface area contributed by atoms with Gasteiger partial charge in [-0.1, -0.05) is 22.0 Å². The Kier molecular flexibility index (Phi) is 6.33. The molecule has 1 aromatic rings. The summed E-state index contributed by atoms with van der Waals surface area (Å²) in [6, 6.07) is 3.48. The zero-order chi connectivity index (χ0) is 10.1. The normalized spacial score (nSPS) is 10.6. The zero-order valence-electron chi connectivity index (χ0n) is 7.73. The molecule has 7 heteroatoms. The van der Waals surface area contributed by atoms with Crippen molar-refractivity contribution in [2.75, 3.05) is 7.11 Å². The monoisotopic (exact) mass is 292 g/mol. The van der Waals surface area contributed by atoms with E-state index in [9.17, 15) is 12.9 Å². The summed E-state index contributed by atoms with van der Waals surface area (Å²) in [5.74, 6) is 0.198. The fourth-order valence-corrected chi connectivity index (χ4v) is 1.38. The molecule has 14 heavy (non-hydrogen) atoms. The topological polar surface area (TPSA) is 9.23 Å². The van der Waals surface area contributed by atoms with Crippen LogP contribution in [0.5, 0.6) is 5.75 Å². The number of hydrogen-bond acceptors (Lipinski definition) is 1. The van der Waals surface area contributed by atoms with Gasteiger partial charge in [-0.3, -0.25) is 0 Å². The molecule has 0 fully saturated rings. The van der Waals surface area contributed by atoms with E-state index >= 15 is 0 Å². The Balaban J connectivity index is 0.00000169. The van der Waals surface area contributed by atoms with Gasteiger partial charge in [0.25, 0.3) is 0 Å². The number of ether oxygens (including phenoxy) is 1. The Morgan fingerprint density at radius 1 is 1.21 bits per heavy atom. The molecule has 0 N–H and O–H groups in total. The summed E-state index contributed by atoms with van der Waals surface area (Å²) in [4.78, 5) is 0. The first-order valence-electron chi connectivity index (χ1n) is 3.48. The molecule has 0 atom stereocenters. The number of benzene rings is 1. The zero-order valence-corrected chi connectivity index (χ0v) is 12.4. The maximum absolute atomic E-state index is 12.3. The summed E-state index contributed by atoms with van der Waals surface area (Å²) < 4.78 is 41.9. The van der Waals surface area contributed by atoms with Crippen molar-refractivity contribution in [1.82, 2.24) is 0 Å². The van der Waals surface area contributed by atoms with Gasteiger partial charge in [0.15, 0.2) is 0 Å². The Morgan fingerprint density at radius 2 is 1.79 bits per heavy atom. The molecule has 0 unspecified atom stereocenters. The van der Waals surface area contributed by atoms with Crippen molar-refractivity contribution in [3.05, 3.63) is 22.7 Å². The molecule has 0 spiro atoms. The second kappa shape index (κ2) is 5.91. The predicted octanol–water partition coefficient (Wildman–Crippen LogP) is -0.484.